The van der Waals surface area contributed by atoms with E-state index in [9.17, 15) is 4.79 Å². The monoisotopic (exact) mass is 356 g/mol. The summed E-state index contributed by atoms with van der Waals surface area (Å²) < 4.78 is 0. The summed E-state index contributed by atoms with van der Waals surface area (Å²) in [6.45, 7) is 0. The number of rotatable bonds is 4. The molecule has 4 rings (SSSR count). The van der Waals surface area contributed by atoms with E-state index < -0.39 is 0 Å². The maximum atomic E-state index is 13.1. The molecule has 2 atom stereocenters. The van der Waals surface area contributed by atoms with Crippen LogP contribution in [-0.4, -0.2) is 24.0 Å². The van der Waals surface area contributed by atoms with Crippen LogP contribution in [0.1, 0.15) is 42.7 Å². The summed E-state index contributed by atoms with van der Waals surface area (Å²) in [5.74, 6) is -0.112. The number of hydrogen-bond donors (Lipinski definition) is 2. The van der Waals surface area contributed by atoms with Gasteiger partial charge >= 0.3 is 0 Å². The van der Waals surface area contributed by atoms with Crippen LogP contribution in [0.3, 0.4) is 0 Å². The fourth-order valence-corrected chi connectivity index (χ4v) is 4.25. The Hall–Kier alpha value is -1.84. The highest BCUT2D eigenvalue weighted by Crippen LogP contribution is 2.29. The van der Waals surface area contributed by atoms with Gasteiger partial charge in [-0.05, 0) is 36.8 Å². The van der Waals surface area contributed by atoms with E-state index in [-0.39, 0.29) is 24.2 Å². The Morgan fingerprint density at radius 2 is 1.36 bits per heavy atom. The van der Waals surface area contributed by atoms with Crippen LogP contribution in [0.4, 0.5) is 0 Å². The van der Waals surface area contributed by atoms with Crippen molar-refractivity contribution in [3.8, 4) is 0 Å². The summed E-state index contributed by atoms with van der Waals surface area (Å²) in [5, 5.41) is 6.97. The molecule has 2 bridgehead atoms. The zero-order chi connectivity index (χ0) is 16.4. The standard InChI is InChI=1S/C21H24N2O.ClH/c24-21(23-19-13-17-11-12-18(14-19)22-17)20(15-7-3-1-4-8-15)16-9-5-2-6-10-16;/h1-10,17-20,22H,11-14H2,(H,23,24);1H. The van der Waals surface area contributed by atoms with Gasteiger partial charge in [0.1, 0.15) is 0 Å². The first kappa shape index (κ1) is 18.0. The van der Waals surface area contributed by atoms with Crippen molar-refractivity contribution in [2.24, 2.45) is 0 Å². The first-order chi connectivity index (χ1) is 11.8. The van der Waals surface area contributed by atoms with Crippen LogP contribution in [0.15, 0.2) is 60.7 Å². The molecule has 0 aliphatic carbocycles. The largest absolute Gasteiger partial charge is 0.352 e. The molecule has 0 spiro atoms. The summed E-state index contributed by atoms with van der Waals surface area (Å²) in [6.07, 6.45) is 4.60. The van der Waals surface area contributed by atoms with Gasteiger partial charge in [-0.3, -0.25) is 4.79 Å². The number of fused-ring (bicyclic) bond motifs is 2. The van der Waals surface area contributed by atoms with Crippen LogP contribution in [0.2, 0.25) is 0 Å². The Balaban J connectivity index is 0.00000182. The van der Waals surface area contributed by atoms with E-state index >= 15 is 0 Å². The molecule has 2 heterocycles. The molecule has 2 fully saturated rings. The minimum absolute atomic E-state index is 0. The van der Waals surface area contributed by atoms with E-state index in [4.69, 9.17) is 0 Å². The van der Waals surface area contributed by atoms with Gasteiger partial charge in [-0.15, -0.1) is 12.4 Å². The molecule has 3 nitrogen and oxygen atoms in total. The highest BCUT2D eigenvalue weighted by molar-refractivity contribution is 5.87. The second kappa shape index (κ2) is 8.03. The molecular weight excluding hydrogens is 332 g/mol. The van der Waals surface area contributed by atoms with Gasteiger partial charge in [-0.1, -0.05) is 60.7 Å². The van der Waals surface area contributed by atoms with Gasteiger partial charge in [0.2, 0.25) is 5.91 Å². The lowest BCUT2D eigenvalue weighted by atomic mass is 9.89. The Morgan fingerprint density at radius 1 is 0.880 bits per heavy atom. The molecule has 0 saturated carbocycles. The lowest BCUT2D eigenvalue weighted by Crippen LogP contribution is -2.49. The van der Waals surface area contributed by atoms with Crippen molar-refractivity contribution in [2.45, 2.75) is 49.7 Å². The second-order valence-corrected chi connectivity index (χ2v) is 7.07. The second-order valence-electron chi connectivity index (χ2n) is 7.07. The average Bonchev–Trinajstić information content (AvgIpc) is 2.95. The normalized spacial score (nSPS) is 24.6. The molecule has 0 radical (unpaired) electrons. The van der Waals surface area contributed by atoms with E-state index in [0.29, 0.717) is 18.1 Å². The van der Waals surface area contributed by atoms with Crippen molar-refractivity contribution in [1.29, 1.82) is 0 Å². The molecule has 2 aliphatic rings. The van der Waals surface area contributed by atoms with Crippen LogP contribution in [0.5, 0.6) is 0 Å². The summed E-state index contributed by atoms with van der Waals surface area (Å²) in [5.41, 5.74) is 2.11. The third-order valence-electron chi connectivity index (χ3n) is 5.35. The Morgan fingerprint density at radius 3 is 1.84 bits per heavy atom. The van der Waals surface area contributed by atoms with Crippen LogP contribution in [-0.2, 0) is 4.79 Å². The quantitative estimate of drug-likeness (QED) is 0.878. The van der Waals surface area contributed by atoms with Gasteiger partial charge < -0.3 is 10.6 Å². The molecule has 2 N–H and O–H groups in total. The van der Waals surface area contributed by atoms with Crippen molar-refractivity contribution < 1.29 is 4.79 Å². The molecule has 2 unspecified atom stereocenters. The van der Waals surface area contributed by atoms with Crippen molar-refractivity contribution in [1.82, 2.24) is 10.6 Å². The summed E-state index contributed by atoms with van der Waals surface area (Å²) >= 11 is 0. The molecule has 25 heavy (non-hydrogen) atoms. The number of piperidine rings is 1. The number of halogens is 1. The number of nitrogens with one attached hydrogen (secondary N) is 2. The van der Waals surface area contributed by atoms with Gasteiger partial charge in [0.15, 0.2) is 0 Å². The molecular formula is C21H25ClN2O. The Kier molecular flexibility index (Phi) is 5.77. The smallest absolute Gasteiger partial charge is 0.232 e. The van der Waals surface area contributed by atoms with E-state index in [0.717, 1.165) is 24.0 Å². The Labute approximate surface area is 155 Å². The highest BCUT2D eigenvalue weighted by atomic mass is 35.5. The van der Waals surface area contributed by atoms with E-state index in [2.05, 4.69) is 10.6 Å². The van der Waals surface area contributed by atoms with Gasteiger partial charge in [-0.2, -0.15) is 0 Å². The molecule has 4 heteroatoms. The first-order valence-corrected chi connectivity index (χ1v) is 8.96. The molecule has 2 aromatic carbocycles. The summed E-state index contributed by atoms with van der Waals surface area (Å²) in [4.78, 5) is 13.1. The first-order valence-electron chi connectivity index (χ1n) is 8.96. The highest BCUT2D eigenvalue weighted by Gasteiger charge is 2.35. The third-order valence-corrected chi connectivity index (χ3v) is 5.35. The lowest BCUT2D eigenvalue weighted by Gasteiger charge is -2.31. The van der Waals surface area contributed by atoms with Crippen molar-refractivity contribution in [2.75, 3.05) is 0 Å². The zero-order valence-electron chi connectivity index (χ0n) is 14.2. The number of amides is 1. The van der Waals surface area contributed by atoms with Crippen LogP contribution in [0.25, 0.3) is 0 Å². The van der Waals surface area contributed by atoms with Crippen molar-refractivity contribution >= 4 is 18.3 Å². The van der Waals surface area contributed by atoms with Gasteiger partial charge in [0, 0.05) is 18.1 Å². The molecule has 2 saturated heterocycles. The number of carbonyl (C=O) groups is 1. The SMILES string of the molecule is Cl.O=C(NC1CC2CCC(C1)N2)C(c1ccccc1)c1ccccc1. The molecule has 2 aliphatic heterocycles. The van der Waals surface area contributed by atoms with Crippen LogP contribution in [0, 0.1) is 0 Å². The van der Waals surface area contributed by atoms with Crippen LogP contribution >= 0.6 is 12.4 Å². The fraction of sp³-hybridized carbons (Fsp3) is 0.381. The maximum Gasteiger partial charge on any atom is 0.232 e. The summed E-state index contributed by atoms with van der Waals surface area (Å²) in [6, 6.07) is 21.6. The Bertz CT molecular complexity index is 640. The number of benzene rings is 2. The minimum Gasteiger partial charge on any atom is -0.352 e. The van der Waals surface area contributed by atoms with Gasteiger partial charge in [-0.25, -0.2) is 0 Å². The number of hydrogen-bond acceptors (Lipinski definition) is 2. The molecule has 0 aromatic heterocycles. The predicted molar refractivity (Wildman–Crippen MR) is 103 cm³/mol. The average molecular weight is 357 g/mol. The summed E-state index contributed by atoms with van der Waals surface area (Å²) in [7, 11) is 0. The van der Waals surface area contributed by atoms with Crippen molar-refractivity contribution in [3.05, 3.63) is 71.8 Å². The third kappa shape index (κ3) is 4.05. The predicted octanol–water partition coefficient (Wildman–Crippen LogP) is 3.64. The van der Waals surface area contributed by atoms with E-state index in [1.54, 1.807) is 0 Å². The van der Waals surface area contributed by atoms with E-state index in [1.807, 2.05) is 60.7 Å². The topological polar surface area (TPSA) is 41.1 Å². The maximum absolute atomic E-state index is 13.1. The minimum atomic E-state index is -0.236. The zero-order valence-corrected chi connectivity index (χ0v) is 15.0. The molecule has 2 aromatic rings. The van der Waals surface area contributed by atoms with E-state index in [1.165, 1.54) is 12.8 Å². The van der Waals surface area contributed by atoms with Gasteiger partial charge in [0.05, 0.1) is 5.92 Å². The molecule has 132 valence electrons. The fourth-order valence-electron chi connectivity index (χ4n) is 4.25. The number of carbonyl (C=O) groups excluding carboxylic acids is 1. The van der Waals surface area contributed by atoms with Crippen molar-refractivity contribution in [3.63, 3.8) is 0 Å². The molecule has 1 amide bonds. The van der Waals surface area contributed by atoms with Gasteiger partial charge in [0.25, 0.3) is 0 Å². The van der Waals surface area contributed by atoms with Crippen LogP contribution < -0.4 is 10.6 Å². The lowest BCUT2D eigenvalue weighted by molar-refractivity contribution is -0.122.